The van der Waals surface area contributed by atoms with Crippen molar-refractivity contribution in [3.05, 3.63) is 65.2 Å². The van der Waals surface area contributed by atoms with E-state index in [2.05, 4.69) is 16.4 Å². The number of aromatic nitrogens is 1. The van der Waals surface area contributed by atoms with Crippen LogP contribution in [0.5, 0.6) is 0 Å². The van der Waals surface area contributed by atoms with Gasteiger partial charge in [-0.15, -0.1) is 11.3 Å². The van der Waals surface area contributed by atoms with Gasteiger partial charge in [-0.3, -0.25) is 9.59 Å². The van der Waals surface area contributed by atoms with Crippen LogP contribution in [-0.4, -0.2) is 23.2 Å². The van der Waals surface area contributed by atoms with Crippen molar-refractivity contribution in [2.75, 3.05) is 6.54 Å². The van der Waals surface area contributed by atoms with Crippen LogP contribution >= 0.6 is 11.3 Å². The number of thiazole rings is 1. The zero-order valence-corrected chi connectivity index (χ0v) is 14.7. The van der Waals surface area contributed by atoms with Crippen LogP contribution in [0.3, 0.4) is 0 Å². The number of carbonyl (C=O) groups is 2. The van der Waals surface area contributed by atoms with Gasteiger partial charge in [0.1, 0.15) is 0 Å². The van der Waals surface area contributed by atoms with Crippen LogP contribution in [0, 0.1) is 0 Å². The van der Waals surface area contributed by atoms with Crippen molar-refractivity contribution in [3.8, 4) is 0 Å². The smallest absolute Gasteiger partial charge is 0.220 e. The third kappa shape index (κ3) is 4.97. The summed E-state index contributed by atoms with van der Waals surface area (Å²) in [7, 11) is 0. The molecule has 0 saturated carbocycles. The van der Waals surface area contributed by atoms with Crippen LogP contribution in [0.15, 0.2) is 54.6 Å². The molecule has 3 aromatic rings. The fraction of sp³-hybridized carbons (Fsp3) is 0.250. The maximum absolute atomic E-state index is 12.0. The average Bonchev–Trinajstić information content (AvgIpc) is 3.07. The molecule has 0 aliphatic carbocycles. The second-order valence-corrected chi connectivity index (χ2v) is 6.93. The number of ketones is 1. The lowest BCUT2D eigenvalue weighted by Gasteiger charge is -2.04. The maximum Gasteiger partial charge on any atom is 0.220 e. The molecule has 1 N–H and O–H groups in total. The Bertz CT molecular complexity index is 825. The molecule has 0 unspecified atom stereocenters. The van der Waals surface area contributed by atoms with E-state index in [1.807, 2.05) is 36.4 Å². The summed E-state index contributed by atoms with van der Waals surface area (Å²) in [5.74, 6) is -0.0705. The summed E-state index contributed by atoms with van der Waals surface area (Å²) >= 11 is 1.70. The van der Waals surface area contributed by atoms with Gasteiger partial charge in [0.15, 0.2) is 5.78 Å². The second kappa shape index (κ2) is 8.53. The van der Waals surface area contributed by atoms with Gasteiger partial charge in [-0.1, -0.05) is 42.5 Å². The molecule has 4 nitrogen and oxygen atoms in total. The highest BCUT2D eigenvalue weighted by Crippen LogP contribution is 2.22. The van der Waals surface area contributed by atoms with E-state index in [0.29, 0.717) is 12.1 Å². The number of amides is 1. The number of hydrogen-bond donors (Lipinski definition) is 1. The summed E-state index contributed by atoms with van der Waals surface area (Å²) in [6, 6.07) is 17.2. The van der Waals surface area contributed by atoms with E-state index in [1.54, 1.807) is 23.5 Å². The molecule has 0 saturated heterocycles. The fourth-order valence-corrected chi connectivity index (χ4v) is 3.59. The van der Waals surface area contributed by atoms with Gasteiger partial charge in [0.2, 0.25) is 5.91 Å². The first-order valence-corrected chi connectivity index (χ1v) is 9.23. The number of nitrogens with one attached hydrogen (secondary N) is 1. The Morgan fingerprint density at radius 3 is 2.52 bits per heavy atom. The molecule has 0 spiro atoms. The van der Waals surface area contributed by atoms with Gasteiger partial charge in [-0.25, -0.2) is 4.98 Å². The lowest BCUT2D eigenvalue weighted by molar-refractivity contribution is -0.121. The largest absolute Gasteiger partial charge is 0.356 e. The fourth-order valence-electron chi connectivity index (χ4n) is 2.58. The Morgan fingerprint density at radius 1 is 0.960 bits per heavy atom. The molecule has 2 aromatic carbocycles. The van der Waals surface area contributed by atoms with Crippen molar-refractivity contribution in [1.82, 2.24) is 10.3 Å². The molecule has 0 fully saturated rings. The summed E-state index contributed by atoms with van der Waals surface area (Å²) in [5, 5.41) is 3.97. The average molecular weight is 352 g/mol. The van der Waals surface area contributed by atoms with Crippen LogP contribution in [0.2, 0.25) is 0 Å². The Morgan fingerprint density at radius 2 is 1.72 bits per heavy atom. The van der Waals surface area contributed by atoms with Crippen molar-refractivity contribution in [1.29, 1.82) is 0 Å². The van der Waals surface area contributed by atoms with Gasteiger partial charge in [0.05, 0.1) is 15.2 Å². The number of fused-ring (bicyclic) bond motifs is 1. The zero-order valence-electron chi connectivity index (χ0n) is 13.9. The topological polar surface area (TPSA) is 59.1 Å². The lowest BCUT2D eigenvalue weighted by Crippen LogP contribution is -2.25. The molecule has 0 radical (unpaired) electrons. The first-order chi connectivity index (χ1) is 12.2. The van der Waals surface area contributed by atoms with Crippen LogP contribution in [0.25, 0.3) is 10.2 Å². The zero-order chi connectivity index (χ0) is 17.5. The molecule has 25 heavy (non-hydrogen) atoms. The molecular formula is C20H20N2O2S. The second-order valence-electron chi connectivity index (χ2n) is 5.82. The van der Waals surface area contributed by atoms with E-state index in [1.165, 1.54) is 4.70 Å². The Hall–Kier alpha value is -2.53. The molecule has 3 rings (SSSR count). The molecule has 128 valence electrons. The predicted molar refractivity (Wildman–Crippen MR) is 101 cm³/mol. The third-order valence-corrected chi connectivity index (χ3v) is 5.00. The summed E-state index contributed by atoms with van der Waals surface area (Å²) in [5.41, 5.74) is 1.69. The number of hydrogen-bond acceptors (Lipinski definition) is 4. The van der Waals surface area contributed by atoms with Crippen LogP contribution in [0.1, 0.15) is 34.6 Å². The Balaban J connectivity index is 1.36. The van der Waals surface area contributed by atoms with E-state index in [9.17, 15) is 9.59 Å². The van der Waals surface area contributed by atoms with Gasteiger partial charge in [0.25, 0.3) is 0 Å². The number of para-hydroxylation sites is 1. The van der Waals surface area contributed by atoms with Gasteiger partial charge in [-0.2, -0.15) is 0 Å². The van der Waals surface area contributed by atoms with Gasteiger partial charge < -0.3 is 5.32 Å². The Labute approximate surface area is 150 Å². The van der Waals surface area contributed by atoms with E-state index in [-0.39, 0.29) is 24.5 Å². The third-order valence-electron chi connectivity index (χ3n) is 3.90. The highest BCUT2D eigenvalue weighted by molar-refractivity contribution is 7.18. The van der Waals surface area contributed by atoms with E-state index in [4.69, 9.17) is 0 Å². The minimum absolute atomic E-state index is 0.00484. The molecule has 0 atom stereocenters. The molecule has 1 heterocycles. The van der Waals surface area contributed by atoms with Crippen LogP contribution in [-0.2, 0) is 11.2 Å². The van der Waals surface area contributed by atoms with Crippen LogP contribution in [0.4, 0.5) is 0 Å². The molecule has 1 amide bonds. The first kappa shape index (κ1) is 17.3. The van der Waals surface area contributed by atoms with E-state index in [0.717, 1.165) is 23.4 Å². The number of Topliss-reactive ketones (excluding diaryl/α,β-unsaturated/α-hetero) is 1. The molecule has 5 heteroatoms. The molecule has 1 aromatic heterocycles. The van der Waals surface area contributed by atoms with Gasteiger partial charge >= 0.3 is 0 Å². The van der Waals surface area contributed by atoms with E-state index >= 15 is 0 Å². The minimum Gasteiger partial charge on any atom is -0.356 e. The summed E-state index contributed by atoms with van der Waals surface area (Å²) in [6.07, 6.45) is 2.17. The summed E-state index contributed by atoms with van der Waals surface area (Å²) in [6.45, 7) is 0.605. The first-order valence-electron chi connectivity index (χ1n) is 8.42. The van der Waals surface area contributed by atoms with Crippen LogP contribution < -0.4 is 5.32 Å². The lowest BCUT2D eigenvalue weighted by atomic mass is 10.1. The molecular weight excluding hydrogens is 332 g/mol. The summed E-state index contributed by atoms with van der Waals surface area (Å²) in [4.78, 5) is 28.4. The maximum atomic E-state index is 12.0. The number of aryl methyl sites for hydroxylation is 1. The van der Waals surface area contributed by atoms with Gasteiger partial charge in [0, 0.05) is 31.4 Å². The minimum atomic E-state index is -0.0754. The monoisotopic (exact) mass is 352 g/mol. The number of rotatable bonds is 8. The number of nitrogens with zero attached hydrogens (tertiary/aromatic N) is 1. The van der Waals surface area contributed by atoms with Gasteiger partial charge in [-0.05, 0) is 18.6 Å². The van der Waals surface area contributed by atoms with Crippen molar-refractivity contribution in [2.24, 2.45) is 0 Å². The summed E-state index contributed by atoms with van der Waals surface area (Å²) < 4.78 is 1.20. The SMILES string of the molecule is O=C(CCC(=O)c1ccccc1)NCCCc1nc2ccccc2s1. The normalized spacial score (nSPS) is 10.7. The predicted octanol–water partition coefficient (Wildman–Crippen LogP) is 4.01. The van der Waals surface area contributed by atoms with E-state index < -0.39 is 0 Å². The highest BCUT2D eigenvalue weighted by Gasteiger charge is 2.09. The number of carbonyl (C=O) groups excluding carboxylic acids is 2. The quantitative estimate of drug-likeness (QED) is 0.492. The number of benzene rings is 2. The van der Waals surface area contributed by atoms with Crippen molar-refractivity contribution < 1.29 is 9.59 Å². The van der Waals surface area contributed by atoms with Crippen molar-refractivity contribution in [3.63, 3.8) is 0 Å². The molecule has 0 aliphatic rings. The highest BCUT2D eigenvalue weighted by atomic mass is 32.1. The van der Waals surface area contributed by atoms with Crippen molar-refractivity contribution in [2.45, 2.75) is 25.7 Å². The molecule has 0 aliphatic heterocycles. The Kier molecular flexibility index (Phi) is 5.90. The van der Waals surface area contributed by atoms with Crippen molar-refractivity contribution >= 4 is 33.2 Å². The standard InChI is InChI=1S/C20H20N2O2S/c23-17(15-7-2-1-3-8-15)12-13-19(24)21-14-6-11-20-22-16-9-4-5-10-18(16)25-20/h1-5,7-10H,6,11-14H2,(H,21,24). The molecule has 0 bridgehead atoms.